The minimum Gasteiger partial charge on any atom is -0.294 e. The van der Waals surface area contributed by atoms with Crippen molar-refractivity contribution in [1.29, 1.82) is 0 Å². The summed E-state index contributed by atoms with van der Waals surface area (Å²) in [5, 5.41) is 0. The van der Waals surface area contributed by atoms with Crippen LogP contribution in [-0.4, -0.2) is 5.78 Å². The first kappa shape index (κ1) is 12.3. The van der Waals surface area contributed by atoms with Crippen LogP contribution < -0.4 is 0 Å². The van der Waals surface area contributed by atoms with Gasteiger partial charge in [0.25, 0.3) is 0 Å². The number of ketones is 1. The second-order valence-corrected chi connectivity index (χ2v) is 5.19. The highest BCUT2D eigenvalue weighted by Gasteiger charge is 2.14. The molecule has 1 nitrogen and oxygen atoms in total. The van der Waals surface area contributed by atoms with Crippen molar-refractivity contribution in [3.05, 3.63) is 35.4 Å². The molecule has 0 atom stereocenters. The molecular formula is C16H22O. The summed E-state index contributed by atoms with van der Waals surface area (Å²) in [5.74, 6) is 1.10. The van der Waals surface area contributed by atoms with Gasteiger partial charge in [-0.15, -0.1) is 0 Å². The quantitative estimate of drug-likeness (QED) is 0.700. The molecule has 0 saturated heterocycles. The van der Waals surface area contributed by atoms with Crippen LogP contribution in [0.2, 0.25) is 0 Å². The predicted molar refractivity (Wildman–Crippen MR) is 71.3 cm³/mol. The second kappa shape index (κ2) is 6.00. The van der Waals surface area contributed by atoms with Crippen LogP contribution in [-0.2, 0) is 6.42 Å². The zero-order valence-electron chi connectivity index (χ0n) is 10.7. The standard InChI is InChI=1S/C16H22O/c1-2-16(17)15-10-6-9-14(12-15)11-13-7-4-3-5-8-13/h6,9-10,12-13H,2-5,7-8,11H2,1H3. The molecule has 1 aliphatic carbocycles. The van der Waals surface area contributed by atoms with Gasteiger partial charge in [-0.3, -0.25) is 4.79 Å². The SMILES string of the molecule is CCC(=O)c1cccc(CC2CCCCC2)c1. The van der Waals surface area contributed by atoms with Crippen molar-refractivity contribution in [2.75, 3.05) is 0 Å². The average molecular weight is 230 g/mol. The molecule has 2 rings (SSSR count). The van der Waals surface area contributed by atoms with Crippen molar-refractivity contribution >= 4 is 5.78 Å². The van der Waals surface area contributed by atoms with Crippen molar-refractivity contribution in [2.45, 2.75) is 51.9 Å². The zero-order valence-corrected chi connectivity index (χ0v) is 10.7. The molecule has 17 heavy (non-hydrogen) atoms. The Balaban J connectivity index is 2.02. The normalized spacial score (nSPS) is 17.0. The molecule has 0 heterocycles. The molecule has 1 heteroatoms. The number of benzene rings is 1. The van der Waals surface area contributed by atoms with Gasteiger partial charge in [0.1, 0.15) is 0 Å². The molecule has 0 spiro atoms. The van der Waals surface area contributed by atoms with Gasteiger partial charge < -0.3 is 0 Å². The lowest BCUT2D eigenvalue weighted by Gasteiger charge is -2.21. The first-order valence-electron chi connectivity index (χ1n) is 6.91. The predicted octanol–water partition coefficient (Wildman–Crippen LogP) is 4.40. The van der Waals surface area contributed by atoms with Crippen molar-refractivity contribution < 1.29 is 4.79 Å². The van der Waals surface area contributed by atoms with E-state index in [1.165, 1.54) is 37.7 Å². The summed E-state index contributed by atoms with van der Waals surface area (Å²) in [6.07, 6.45) is 8.68. The van der Waals surface area contributed by atoms with Crippen LogP contribution in [0.5, 0.6) is 0 Å². The van der Waals surface area contributed by atoms with Crippen LogP contribution in [0.25, 0.3) is 0 Å². The topological polar surface area (TPSA) is 17.1 Å². The maximum absolute atomic E-state index is 11.7. The zero-order chi connectivity index (χ0) is 12.1. The van der Waals surface area contributed by atoms with Gasteiger partial charge in [0, 0.05) is 12.0 Å². The first-order valence-corrected chi connectivity index (χ1v) is 6.91. The second-order valence-electron chi connectivity index (χ2n) is 5.19. The summed E-state index contributed by atoms with van der Waals surface area (Å²) in [5.41, 5.74) is 2.23. The molecular weight excluding hydrogens is 208 g/mol. The Hall–Kier alpha value is -1.11. The van der Waals surface area contributed by atoms with E-state index in [4.69, 9.17) is 0 Å². The summed E-state index contributed by atoms with van der Waals surface area (Å²) in [7, 11) is 0. The van der Waals surface area contributed by atoms with Gasteiger partial charge in [-0.1, -0.05) is 57.2 Å². The van der Waals surface area contributed by atoms with E-state index >= 15 is 0 Å². The number of hydrogen-bond donors (Lipinski definition) is 0. The number of rotatable bonds is 4. The largest absolute Gasteiger partial charge is 0.294 e. The Morgan fingerprint density at radius 2 is 2.00 bits per heavy atom. The van der Waals surface area contributed by atoms with Crippen molar-refractivity contribution in [3.63, 3.8) is 0 Å². The number of carbonyl (C=O) groups excluding carboxylic acids is 1. The summed E-state index contributed by atoms with van der Waals surface area (Å²) >= 11 is 0. The van der Waals surface area contributed by atoms with Gasteiger partial charge in [-0.2, -0.15) is 0 Å². The van der Waals surface area contributed by atoms with Gasteiger partial charge >= 0.3 is 0 Å². The van der Waals surface area contributed by atoms with Gasteiger partial charge in [-0.25, -0.2) is 0 Å². The Bertz CT molecular complexity index is 375. The molecule has 1 saturated carbocycles. The molecule has 0 aliphatic heterocycles. The molecule has 1 aromatic rings. The van der Waals surface area contributed by atoms with Crippen LogP contribution in [0.1, 0.15) is 61.4 Å². The number of hydrogen-bond acceptors (Lipinski definition) is 1. The summed E-state index contributed by atoms with van der Waals surface area (Å²) in [4.78, 5) is 11.7. The fraction of sp³-hybridized carbons (Fsp3) is 0.562. The lowest BCUT2D eigenvalue weighted by atomic mass is 9.84. The fourth-order valence-corrected chi connectivity index (χ4v) is 2.80. The Labute approximate surface area is 104 Å². The molecule has 1 fully saturated rings. The number of Topliss-reactive ketones (excluding diaryl/α,β-unsaturated/α-hetero) is 1. The highest BCUT2D eigenvalue weighted by atomic mass is 16.1. The minimum atomic E-state index is 0.260. The maximum Gasteiger partial charge on any atom is 0.162 e. The van der Waals surface area contributed by atoms with E-state index in [2.05, 4.69) is 12.1 Å². The van der Waals surface area contributed by atoms with Crippen molar-refractivity contribution in [3.8, 4) is 0 Å². The summed E-state index contributed by atoms with van der Waals surface area (Å²) < 4.78 is 0. The lowest BCUT2D eigenvalue weighted by Crippen LogP contribution is -2.09. The molecule has 0 N–H and O–H groups in total. The first-order chi connectivity index (χ1) is 8.29. The smallest absolute Gasteiger partial charge is 0.162 e. The lowest BCUT2D eigenvalue weighted by molar-refractivity contribution is 0.0988. The van der Waals surface area contributed by atoms with Gasteiger partial charge in [-0.05, 0) is 24.0 Å². The minimum absolute atomic E-state index is 0.260. The average Bonchev–Trinajstić information content (AvgIpc) is 2.39. The van der Waals surface area contributed by atoms with Gasteiger partial charge in [0.2, 0.25) is 0 Å². The molecule has 0 amide bonds. The van der Waals surface area contributed by atoms with E-state index in [-0.39, 0.29) is 5.78 Å². The third-order valence-corrected chi connectivity index (χ3v) is 3.82. The van der Waals surface area contributed by atoms with E-state index in [0.717, 1.165) is 17.9 Å². The van der Waals surface area contributed by atoms with Crippen LogP contribution in [0, 0.1) is 5.92 Å². The highest BCUT2D eigenvalue weighted by molar-refractivity contribution is 5.95. The molecule has 0 bridgehead atoms. The van der Waals surface area contributed by atoms with Crippen LogP contribution in [0.4, 0.5) is 0 Å². The highest BCUT2D eigenvalue weighted by Crippen LogP contribution is 2.27. The van der Waals surface area contributed by atoms with Gasteiger partial charge in [0.15, 0.2) is 5.78 Å². The summed E-state index contributed by atoms with van der Waals surface area (Å²) in [6.45, 7) is 1.93. The third kappa shape index (κ3) is 3.42. The maximum atomic E-state index is 11.7. The molecule has 0 radical (unpaired) electrons. The van der Waals surface area contributed by atoms with Crippen molar-refractivity contribution in [1.82, 2.24) is 0 Å². The molecule has 1 aliphatic rings. The van der Waals surface area contributed by atoms with Crippen molar-refractivity contribution in [2.24, 2.45) is 5.92 Å². The number of carbonyl (C=O) groups is 1. The molecule has 92 valence electrons. The Kier molecular flexibility index (Phi) is 4.36. The third-order valence-electron chi connectivity index (χ3n) is 3.82. The van der Waals surface area contributed by atoms with Gasteiger partial charge in [0.05, 0.1) is 0 Å². The van der Waals surface area contributed by atoms with Crippen LogP contribution in [0.15, 0.2) is 24.3 Å². The van der Waals surface area contributed by atoms with Crippen LogP contribution in [0.3, 0.4) is 0 Å². The fourth-order valence-electron chi connectivity index (χ4n) is 2.80. The van der Waals surface area contributed by atoms with E-state index < -0.39 is 0 Å². The van der Waals surface area contributed by atoms with E-state index in [1.807, 2.05) is 19.1 Å². The molecule has 0 unspecified atom stereocenters. The van der Waals surface area contributed by atoms with Crippen LogP contribution >= 0.6 is 0 Å². The Morgan fingerprint density at radius 3 is 2.71 bits per heavy atom. The summed E-state index contributed by atoms with van der Waals surface area (Å²) in [6, 6.07) is 8.23. The Morgan fingerprint density at radius 1 is 1.24 bits per heavy atom. The molecule has 1 aromatic carbocycles. The molecule has 0 aromatic heterocycles. The van der Waals surface area contributed by atoms with E-state index in [1.54, 1.807) is 0 Å². The van der Waals surface area contributed by atoms with E-state index in [0.29, 0.717) is 6.42 Å². The monoisotopic (exact) mass is 230 g/mol. The van der Waals surface area contributed by atoms with E-state index in [9.17, 15) is 4.79 Å².